The number of aliphatic hydroxyl groups excluding tert-OH is 1. The first-order chi connectivity index (χ1) is 7.83. The molecule has 0 aromatic heterocycles. The van der Waals surface area contributed by atoms with Crippen molar-refractivity contribution in [3.8, 4) is 0 Å². The number of nitrogens with one attached hydrogen (secondary N) is 1. The summed E-state index contributed by atoms with van der Waals surface area (Å²) in [4.78, 5) is 0. The maximum atomic E-state index is 9.61. The summed E-state index contributed by atoms with van der Waals surface area (Å²) in [7, 11) is 0. The number of rotatable bonds is 8. The molecule has 0 saturated heterocycles. The molecule has 0 saturated carbocycles. The van der Waals surface area contributed by atoms with Crippen LogP contribution in [0.1, 0.15) is 18.9 Å². The summed E-state index contributed by atoms with van der Waals surface area (Å²) in [5, 5.41) is 12.8. The van der Waals surface area contributed by atoms with Gasteiger partial charge in [-0.1, -0.05) is 30.3 Å². The van der Waals surface area contributed by atoms with E-state index in [9.17, 15) is 5.11 Å². The molecular formula is C13H21NO2. The van der Waals surface area contributed by atoms with Gasteiger partial charge in [0, 0.05) is 26.3 Å². The Morgan fingerprint density at radius 3 is 2.75 bits per heavy atom. The Morgan fingerprint density at radius 2 is 2.06 bits per heavy atom. The Balaban J connectivity index is 2.06. The zero-order chi connectivity index (χ0) is 11.6. The lowest BCUT2D eigenvalue weighted by molar-refractivity contribution is 0.0880. The molecule has 0 radical (unpaired) electrons. The van der Waals surface area contributed by atoms with Crippen molar-refractivity contribution < 1.29 is 9.84 Å². The first-order valence-corrected chi connectivity index (χ1v) is 5.83. The summed E-state index contributed by atoms with van der Waals surface area (Å²) < 4.78 is 5.18. The van der Waals surface area contributed by atoms with Crippen molar-refractivity contribution in [3.05, 3.63) is 35.9 Å². The number of aliphatic hydroxyl groups is 1. The fourth-order valence-electron chi connectivity index (χ4n) is 1.44. The van der Waals surface area contributed by atoms with Crippen LogP contribution in [0.25, 0.3) is 0 Å². The smallest absolute Gasteiger partial charge is 0.0686 e. The Kier molecular flexibility index (Phi) is 6.81. The standard InChI is InChI=1S/C13H21NO2/c1-2-16-9-8-13(15)11-14-10-12-6-4-3-5-7-12/h3-7,13-15H,2,8-11H2,1H3. The summed E-state index contributed by atoms with van der Waals surface area (Å²) in [6.45, 7) is 4.71. The van der Waals surface area contributed by atoms with Gasteiger partial charge in [0.05, 0.1) is 6.10 Å². The van der Waals surface area contributed by atoms with Crippen LogP contribution in [0.4, 0.5) is 0 Å². The molecule has 0 spiro atoms. The number of hydrogen-bond acceptors (Lipinski definition) is 3. The van der Waals surface area contributed by atoms with Gasteiger partial charge in [-0.25, -0.2) is 0 Å². The van der Waals surface area contributed by atoms with Gasteiger partial charge >= 0.3 is 0 Å². The Hall–Kier alpha value is -0.900. The fourth-order valence-corrected chi connectivity index (χ4v) is 1.44. The zero-order valence-corrected chi connectivity index (χ0v) is 9.86. The van der Waals surface area contributed by atoms with E-state index in [1.165, 1.54) is 5.56 Å². The third kappa shape index (κ3) is 5.85. The largest absolute Gasteiger partial charge is 0.392 e. The van der Waals surface area contributed by atoms with Gasteiger partial charge in [0.1, 0.15) is 0 Å². The predicted octanol–water partition coefficient (Wildman–Crippen LogP) is 1.56. The highest BCUT2D eigenvalue weighted by Crippen LogP contribution is 1.98. The number of ether oxygens (including phenoxy) is 1. The SMILES string of the molecule is CCOCCC(O)CNCc1ccccc1. The molecule has 0 aliphatic carbocycles. The molecule has 0 bridgehead atoms. The molecule has 1 unspecified atom stereocenters. The zero-order valence-electron chi connectivity index (χ0n) is 9.86. The Bertz CT molecular complexity index is 264. The molecule has 0 aliphatic rings. The number of benzene rings is 1. The summed E-state index contributed by atoms with van der Waals surface area (Å²) in [5.41, 5.74) is 1.24. The quantitative estimate of drug-likeness (QED) is 0.657. The summed E-state index contributed by atoms with van der Waals surface area (Å²) in [5.74, 6) is 0. The highest BCUT2D eigenvalue weighted by atomic mass is 16.5. The lowest BCUT2D eigenvalue weighted by Crippen LogP contribution is -2.27. The van der Waals surface area contributed by atoms with E-state index in [0.29, 0.717) is 26.2 Å². The topological polar surface area (TPSA) is 41.5 Å². The second kappa shape index (κ2) is 8.28. The van der Waals surface area contributed by atoms with E-state index in [0.717, 1.165) is 6.54 Å². The van der Waals surface area contributed by atoms with Crippen LogP contribution in [0.5, 0.6) is 0 Å². The van der Waals surface area contributed by atoms with Gasteiger partial charge < -0.3 is 15.2 Å². The monoisotopic (exact) mass is 223 g/mol. The minimum atomic E-state index is -0.324. The van der Waals surface area contributed by atoms with Crippen molar-refractivity contribution in [1.82, 2.24) is 5.32 Å². The first-order valence-electron chi connectivity index (χ1n) is 5.83. The van der Waals surface area contributed by atoms with E-state index in [1.54, 1.807) is 0 Å². The van der Waals surface area contributed by atoms with Gasteiger partial charge in [-0.15, -0.1) is 0 Å². The highest BCUT2D eigenvalue weighted by Gasteiger charge is 2.02. The van der Waals surface area contributed by atoms with E-state index >= 15 is 0 Å². The second-order valence-corrected chi connectivity index (χ2v) is 3.76. The molecular weight excluding hydrogens is 202 g/mol. The van der Waals surface area contributed by atoms with Crippen molar-refractivity contribution in [2.45, 2.75) is 26.0 Å². The van der Waals surface area contributed by atoms with Crippen LogP contribution in [0.15, 0.2) is 30.3 Å². The van der Waals surface area contributed by atoms with Crippen LogP contribution >= 0.6 is 0 Å². The fraction of sp³-hybridized carbons (Fsp3) is 0.538. The highest BCUT2D eigenvalue weighted by molar-refractivity contribution is 5.14. The third-order valence-corrected chi connectivity index (χ3v) is 2.35. The van der Waals surface area contributed by atoms with E-state index in [4.69, 9.17) is 4.74 Å². The molecule has 0 fully saturated rings. The minimum absolute atomic E-state index is 0.324. The van der Waals surface area contributed by atoms with Gasteiger partial charge in [0.15, 0.2) is 0 Å². The minimum Gasteiger partial charge on any atom is -0.392 e. The number of hydrogen-bond donors (Lipinski definition) is 2. The maximum absolute atomic E-state index is 9.61. The van der Waals surface area contributed by atoms with Crippen molar-refractivity contribution >= 4 is 0 Å². The van der Waals surface area contributed by atoms with E-state index in [-0.39, 0.29) is 6.10 Å². The third-order valence-electron chi connectivity index (χ3n) is 2.35. The van der Waals surface area contributed by atoms with E-state index in [2.05, 4.69) is 17.4 Å². The van der Waals surface area contributed by atoms with Gasteiger partial charge in [-0.3, -0.25) is 0 Å². The molecule has 1 atom stereocenters. The molecule has 0 amide bonds. The summed E-state index contributed by atoms with van der Waals surface area (Å²) in [6.07, 6.45) is 0.366. The van der Waals surface area contributed by atoms with E-state index < -0.39 is 0 Å². The van der Waals surface area contributed by atoms with Crippen LogP contribution < -0.4 is 5.32 Å². The van der Waals surface area contributed by atoms with Crippen LogP contribution in [0.3, 0.4) is 0 Å². The molecule has 2 N–H and O–H groups in total. The van der Waals surface area contributed by atoms with Gasteiger partial charge in [-0.2, -0.15) is 0 Å². The van der Waals surface area contributed by atoms with E-state index in [1.807, 2.05) is 25.1 Å². The van der Waals surface area contributed by atoms with Crippen LogP contribution in [0, 0.1) is 0 Å². The molecule has 1 aromatic carbocycles. The average Bonchev–Trinajstić information content (AvgIpc) is 2.31. The van der Waals surface area contributed by atoms with Gasteiger partial charge in [-0.05, 0) is 18.9 Å². The van der Waals surface area contributed by atoms with Crippen molar-refractivity contribution in [1.29, 1.82) is 0 Å². The molecule has 3 nitrogen and oxygen atoms in total. The van der Waals surface area contributed by atoms with Crippen molar-refractivity contribution in [3.63, 3.8) is 0 Å². The van der Waals surface area contributed by atoms with Crippen LogP contribution in [-0.4, -0.2) is 31.0 Å². The first kappa shape index (κ1) is 13.2. The summed E-state index contributed by atoms with van der Waals surface area (Å²) >= 11 is 0. The summed E-state index contributed by atoms with van der Waals surface area (Å²) in [6, 6.07) is 10.2. The molecule has 0 heterocycles. The lowest BCUT2D eigenvalue weighted by Gasteiger charge is -2.11. The molecule has 1 aromatic rings. The predicted molar refractivity (Wildman–Crippen MR) is 65.3 cm³/mol. The molecule has 3 heteroatoms. The molecule has 16 heavy (non-hydrogen) atoms. The average molecular weight is 223 g/mol. The maximum Gasteiger partial charge on any atom is 0.0686 e. The lowest BCUT2D eigenvalue weighted by atomic mass is 10.2. The molecule has 1 rings (SSSR count). The van der Waals surface area contributed by atoms with Crippen molar-refractivity contribution in [2.75, 3.05) is 19.8 Å². The molecule has 90 valence electrons. The van der Waals surface area contributed by atoms with Crippen molar-refractivity contribution in [2.24, 2.45) is 0 Å². The van der Waals surface area contributed by atoms with Crippen LogP contribution in [0.2, 0.25) is 0 Å². The Labute approximate surface area is 97.4 Å². The molecule has 0 aliphatic heterocycles. The Morgan fingerprint density at radius 1 is 1.31 bits per heavy atom. The normalized spacial score (nSPS) is 12.6. The van der Waals surface area contributed by atoms with Crippen LogP contribution in [-0.2, 0) is 11.3 Å². The second-order valence-electron chi connectivity index (χ2n) is 3.76. The van der Waals surface area contributed by atoms with Gasteiger partial charge in [0.25, 0.3) is 0 Å². The van der Waals surface area contributed by atoms with Gasteiger partial charge in [0.2, 0.25) is 0 Å².